The van der Waals surface area contributed by atoms with E-state index in [0.717, 1.165) is 0 Å². The number of rotatable bonds is 4. The second-order valence-electron chi connectivity index (χ2n) is 3.84. The predicted octanol–water partition coefficient (Wildman–Crippen LogP) is 3.87. The van der Waals surface area contributed by atoms with E-state index in [2.05, 4.69) is 29.4 Å². The highest BCUT2D eigenvalue weighted by Gasteiger charge is 1.93. The molecule has 0 amide bonds. The van der Waals surface area contributed by atoms with Crippen LogP contribution in [0, 0.1) is 0 Å². The van der Waals surface area contributed by atoms with Gasteiger partial charge in [-0.1, -0.05) is 60.7 Å². The van der Waals surface area contributed by atoms with Gasteiger partial charge in [0, 0.05) is 6.21 Å². The Morgan fingerprint density at radius 2 is 1.26 bits per heavy atom. The Morgan fingerprint density at radius 1 is 0.895 bits per heavy atom. The summed E-state index contributed by atoms with van der Waals surface area (Å²) in [5, 5.41) is 10.1. The summed E-state index contributed by atoms with van der Waals surface area (Å²) in [4.78, 5) is 0. The first-order chi connectivity index (χ1) is 9.36. The summed E-state index contributed by atoms with van der Waals surface area (Å²) in [5.41, 5.74) is 2.43. The molecule has 0 saturated carbocycles. The molecule has 100 valence electrons. The molecule has 19 heavy (non-hydrogen) atoms. The van der Waals surface area contributed by atoms with Crippen molar-refractivity contribution in [2.24, 2.45) is 5.16 Å². The van der Waals surface area contributed by atoms with Crippen molar-refractivity contribution in [1.82, 2.24) is 0 Å². The van der Waals surface area contributed by atoms with Crippen LogP contribution in [0.1, 0.15) is 18.1 Å². The molecule has 2 aromatic rings. The van der Waals surface area contributed by atoms with Crippen LogP contribution in [0.4, 0.5) is 0 Å². The molecule has 0 aliphatic carbocycles. The van der Waals surface area contributed by atoms with Crippen LogP contribution >= 0.6 is 0 Å². The molecule has 3 heteroatoms. The molecule has 2 rings (SSSR count). The van der Waals surface area contributed by atoms with E-state index in [-0.39, 0.29) is 0 Å². The molecule has 0 saturated heterocycles. The van der Waals surface area contributed by atoms with Crippen molar-refractivity contribution in [3.63, 3.8) is 0 Å². The average Bonchev–Trinajstić information content (AvgIpc) is 2.50. The number of hydrogen-bond acceptors (Lipinski definition) is 3. The van der Waals surface area contributed by atoms with E-state index in [1.165, 1.54) is 17.3 Å². The molecular weight excluding hydrogens is 238 g/mol. The summed E-state index contributed by atoms with van der Waals surface area (Å²) in [7, 11) is 0. The van der Waals surface area contributed by atoms with Crippen LogP contribution < -0.4 is 0 Å². The molecule has 3 nitrogen and oxygen atoms in total. The topological polar surface area (TPSA) is 41.8 Å². The van der Waals surface area contributed by atoms with Gasteiger partial charge in [-0.15, -0.1) is 5.16 Å². The van der Waals surface area contributed by atoms with E-state index >= 15 is 0 Å². The standard InChI is InChI=1S/C14H14O.C2H5NO/c1-3-7-13(8-4-1)11-15-12-14-9-5-2-6-10-14;1-2-3-4/h1-10H,11-12H2;2,4H,1H3. The molecule has 0 fully saturated rings. The predicted molar refractivity (Wildman–Crippen MR) is 77.3 cm³/mol. The average molecular weight is 257 g/mol. The first-order valence-electron chi connectivity index (χ1n) is 6.14. The summed E-state index contributed by atoms with van der Waals surface area (Å²) >= 11 is 0. The van der Waals surface area contributed by atoms with E-state index < -0.39 is 0 Å². The molecule has 0 aliphatic rings. The van der Waals surface area contributed by atoms with Crippen molar-refractivity contribution in [3.8, 4) is 0 Å². The molecule has 0 radical (unpaired) electrons. The second-order valence-corrected chi connectivity index (χ2v) is 3.84. The minimum absolute atomic E-state index is 0.676. The van der Waals surface area contributed by atoms with Crippen LogP contribution in [0.5, 0.6) is 0 Å². The monoisotopic (exact) mass is 257 g/mol. The highest BCUT2D eigenvalue weighted by atomic mass is 16.5. The number of hydrogen-bond donors (Lipinski definition) is 1. The van der Waals surface area contributed by atoms with Crippen molar-refractivity contribution >= 4 is 6.21 Å². The lowest BCUT2D eigenvalue weighted by molar-refractivity contribution is 0.107. The zero-order chi connectivity index (χ0) is 13.8. The van der Waals surface area contributed by atoms with Crippen LogP contribution in [0.3, 0.4) is 0 Å². The maximum Gasteiger partial charge on any atom is 0.0721 e. The molecule has 0 spiro atoms. The summed E-state index contributed by atoms with van der Waals surface area (Å²) in [5.74, 6) is 0. The fraction of sp³-hybridized carbons (Fsp3) is 0.188. The van der Waals surface area contributed by atoms with E-state index in [1.54, 1.807) is 6.92 Å². The van der Waals surface area contributed by atoms with Gasteiger partial charge in [0.2, 0.25) is 0 Å². The Bertz CT molecular complexity index is 411. The zero-order valence-electron chi connectivity index (χ0n) is 11.1. The van der Waals surface area contributed by atoms with E-state index in [9.17, 15) is 0 Å². The van der Waals surface area contributed by atoms with E-state index in [1.807, 2.05) is 36.4 Å². The van der Waals surface area contributed by atoms with E-state index in [4.69, 9.17) is 9.94 Å². The van der Waals surface area contributed by atoms with Gasteiger partial charge in [-0.05, 0) is 18.1 Å². The Labute approximate surface area is 114 Å². The van der Waals surface area contributed by atoms with Gasteiger partial charge in [-0.25, -0.2) is 0 Å². The Kier molecular flexibility index (Phi) is 7.74. The minimum atomic E-state index is 0.676. The van der Waals surface area contributed by atoms with Crippen LogP contribution in [0.25, 0.3) is 0 Å². The minimum Gasteiger partial charge on any atom is -0.411 e. The molecular formula is C16H19NO2. The van der Waals surface area contributed by atoms with Gasteiger partial charge in [-0.3, -0.25) is 0 Å². The van der Waals surface area contributed by atoms with Crippen molar-refractivity contribution in [3.05, 3.63) is 71.8 Å². The van der Waals surface area contributed by atoms with Crippen molar-refractivity contribution in [2.75, 3.05) is 0 Å². The molecule has 0 aromatic heterocycles. The van der Waals surface area contributed by atoms with Crippen molar-refractivity contribution < 1.29 is 9.94 Å². The highest BCUT2D eigenvalue weighted by Crippen LogP contribution is 2.05. The van der Waals surface area contributed by atoms with Gasteiger partial charge >= 0.3 is 0 Å². The number of ether oxygens (including phenoxy) is 1. The van der Waals surface area contributed by atoms with Crippen molar-refractivity contribution in [1.29, 1.82) is 0 Å². The van der Waals surface area contributed by atoms with Crippen LogP contribution in [0.2, 0.25) is 0 Å². The lowest BCUT2D eigenvalue weighted by atomic mass is 10.2. The third kappa shape index (κ3) is 7.01. The zero-order valence-corrected chi connectivity index (χ0v) is 11.1. The fourth-order valence-electron chi connectivity index (χ4n) is 1.44. The van der Waals surface area contributed by atoms with Gasteiger partial charge in [0.1, 0.15) is 0 Å². The Balaban J connectivity index is 0.000000399. The van der Waals surface area contributed by atoms with Gasteiger partial charge in [0.25, 0.3) is 0 Å². The normalized spacial score (nSPS) is 9.95. The van der Waals surface area contributed by atoms with Gasteiger partial charge in [0.05, 0.1) is 13.2 Å². The first-order valence-corrected chi connectivity index (χ1v) is 6.14. The third-order valence-electron chi connectivity index (χ3n) is 2.34. The SMILES string of the molecule is CC=NO.c1ccc(COCc2ccccc2)cc1. The van der Waals surface area contributed by atoms with Crippen LogP contribution in [-0.4, -0.2) is 11.4 Å². The third-order valence-corrected chi connectivity index (χ3v) is 2.34. The quantitative estimate of drug-likeness (QED) is 0.513. The van der Waals surface area contributed by atoms with Gasteiger partial charge < -0.3 is 9.94 Å². The molecule has 2 aromatic carbocycles. The number of nitrogens with zero attached hydrogens (tertiary/aromatic N) is 1. The fourth-order valence-corrected chi connectivity index (χ4v) is 1.44. The summed E-state index contributed by atoms with van der Waals surface area (Å²) in [6.45, 7) is 2.99. The van der Waals surface area contributed by atoms with Crippen LogP contribution in [-0.2, 0) is 18.0 Å². The smallest absolute Gasteiger partial charge is 0.0721 e. The van der Waals surface area contributed by atoms with Crippen molar-refractivity contribution in [2.45, 2.75) is 20.1 Å². The lowest BCUT2D eigenvalue weighted by Gasteiger charge is -2.03. The molecule has 0 atom stereocenters. The molecule has 1 N–H and O–H groups in total. The maximum atomic E-state index is 7.44. The number of benzene rings is 2. The molecule has 0 heterocycles. The summed E-state index contributed by atoms with van der Waals surface area (Å²) in [6, 6.07) is 20.4. The summed E-state index contributed by atoms with van der Waals surface area (Å²) < 4.78 is 5.61. The molecule has 0 unspecified atom stereocenters. The summed E-state index contributed by atoms with van der Waals surface area (Å²) in [6.07, 6.45) is 1.31. The van der Waals surface area contributed by atoms with E-state index in [0.29, 0.717) is 13.2 Å². The molecule has 0 aliphatic heterocycles. The first kappa shape index (κ1) is 14.9. The molecule has 0 bridgehead atoms. The maximum absolute atomic E-state index is 7.44. The van der Waals surface area contributed by atoms with Gasteiger partial charge in [0.15, 0.2) is 0 Å². The lowest BCUT2D eigenvalue weighted by Crippen LogP contribution is -1.93. The highest BCUT2D eigenvalue weighted by molar-refractivity contribution is 5.51. The largest absolute Gasteiger partial charge is 0.411 e. The second kappa shape index (κ2) is 9.85. The van der Waals surface area contributed by atoms with Crippen LogP contribution in [0.15, 0.2) is 65.8 Å². The Morgan fingerprint density at radius 3 is 1.58 bits per heavy atom. The Hall–Kier alpha value is -2.13. The number of oxime groups is 1. The van der Waals surface area contributed by atoms with Gasteiger partial charge in [-0.2, -0.15) is 0 Å².